The molecule has 0 saturated carbocycles. The van der Waals surface area contributed by atoms with E-state index in [1.54, 1.807) is 4.90 Å². The number of rotatable bonds is 3. The number of piperidine rings is 1. The van der Waals surface area contributed by atoms with E-state index in [2.05, 4.69) is 15.5 Å². The molecule has 3 aromatic rings. The van der Waals surface area contributed by atoms with E-state index in [-0.39, 0.29) is 11.9 Å². The molecule has 0 radical (unpaired) electrons. The van der Waals surface area contributed by atoms with Gasteiger partial charge in [-0.3, -0.25) is 0 Å². The fourth-order valence-electron chi connectivity index (χ4n) is 3.41. The molecule has 0 bridgehead atoms. The van der Waals surface area contributed by atoms with Crippen molar-refractivity contribution in [1.82, 2.24) is 15.0 Å². The van der Waals surface area contributed by atoms with Crippen molar-refractivity contribution in [3.05, 3.63) is 66.1 Å². The zero-order valence-electron chi connectivity index (χ0n) is 15.9. The summed E-state index contributed by atoms with van der Waals surface area (Å²) in [6.07, 6.45) is -2.85. The summed E-state index contributed by atoms with van der Waals surface area (Å²) in [6, 6.07) is 13.5. The summed E-state index contributed by atoms with van der Waals surface area (Å²) in [5.74, 6) is 0.875. The van der Waals surface area contributed by atoms with Crippen LogP contribution >= 0.6 is 0 Å². The molecule has 9 heteroatoms. The summed E-state index contributed by atoms with van der Waals surface area (Å²) in [5, 5.41) is 6.68. The van der Waals surface area contributed by atoms with E-state index in [1.807, 2.05) is 30.3 Å². The van der Waals surface area contributed by atoms with Gasteiger partial charge < -0.3 is 14.7 Å². The molecule has 1 unspecified atom stereocenters. The highest BCUT2D eigenvalue weighted by Crippen LogP contribution is 2.30. The van der Waals surface area contributed by atoms with Crippen LogP contribution in [0.5, 0.6) is 0 Å². The van der Waals surface area contributed by atoms with E-state index in [0.29, 0.717) is 30.5 Å². The van der Waals surface area contributed by atoms with E-state index < -0.39 is 11.7 Å². The molecular formula is C21H19F3N4O2. The first kappa shape index (κ1) is 19.9. The Labute approximate surface area is 170 Å². The third kappa shape index (κ3) is 4.45. The van der Waals surface area contributed by atoms with Crippen LogP contribution in [0.1, 0.15) is 30.2 Å². The second-order valence-corrected chi connectivity index (χ2v) is 7.11. The predicted molar refractivity (Wildman–Crippen MR) is 104 cm³/mol. The molecular weight excluding hydrogens is 397 g/mol. The van der Waals surface area contributed by atoms with Gasteiger partial charge in [-0.2, -0.15) is 18.2 Å². The number of nitrogens with one attached hydrogen (secondary N) is 1. The zero-order chi connectivity index (χ0) is 21.1. The van der Waals surface area contributed by atoms with Crippen LogP contribution < -0.4 is 5.32 Å². The van der Waals surface area contributed by atoms with Crippen molar-refractivity contribution >= 4 is 11.7 Å². The standard InChI is InChI=1S/C21H19F3N4O2/c22-21(23,24)16-8-10-17(11-9-16)25-20(29)28-12-4-7-15(13-28)19-26-18(27-30-19)14-5-2-1-3-6-14/h1-3,5-6,8-11,15H,4,7,12-13H2,(H,25,29). The number of aromatic nitrogens is 2. The molecule has 1 saturated heterocycles. The van der Waals surface area contributed by atoms with Crippen molar-refractivity contribution in [1.29, 1.82) is 0 Å². The molecule has 2 aromatic carbocycles. The summed E-state index contributed by atoms with van der Waals surface area (Å²) in [5.41, 5.74) is 0.392. The Morgan fingerprint density at radius 3 is 2.53 bits per heavy atom. The van der Waals surface area contributed by atoms with Crippen molar-refractivity contribution in [3.63, 3.8) is 0 Å². The van der Waals surface area contributed by atoms with Crippen LogP contribution in [0, 0.1) is 0 Å². The molecule has 1 aliphatic rings. The van der Waals surface area contributed by atoms with Gasteiger partial charge in [0.05, 0.1) is 11.5 Å². The fraction of sp³-hybridized carbons (Fsp3) is 0.286. The minimum absolute atomic E-state index is 0.0953. The summed E-state index contributed by atoms with van der Waals surface area (Å²) in [7, 11) is 0. The molecule has 6 nitrogen and oxygen atoms in total. The van der Waals surface area contributed by atoms with E-state index >= 15 is 0 Å². The number of carbonyl (C=O) groups is 1. The predicted octanol–water partition coefficient (Wildman–Crippen LogP) is 5.17. The Balaban J connectivity index is 1.40. The van der Waals surface area contributed by atoms with E-state index in [4.69, 9.17) is 4.52 Å². The van der Waals surface area contributed by atoms with Crippen LogP contribution in [0.2, 0.25) is 0 Å². The summed E-state index contributed by atoms with van der Waals surface area (Å²) < 4.78 is 43.4. The average molecular weight is 416 g/mol. The molecule has 1 aromatic heterocycles. The number of alkyl halides is 3. The average Bonchev–Trinajstić information content (AvgIpc) is 3.25. The van der Waals surface area contributed by atoms with Gasteiger partial charge >= 0.3 is 12.2 Å². The van der Waals surface area contributed by atoms with Gasteiger partial charge in [0.2, 0.25) is 11.7 Å². The van der Waals surface area contributed by atoms with Crippen LogP contribution in [0.3, 0.4) is 0 Å². The zero-order valence-corrected chi connectivity index (χ0v) is 15.9. The van der Waals surface area contributed by atoms with Gasteiger partial charge in [0, 0.05) is 24.3 Å². The highest BCUT2D eigenvalue weighted by molar-refractivity contribution is 5.89. The normalized spacial score (nSPS) is 17.0. The number of likely N-dealkylation sites (tertiary alicyclic amines) is 1. The molecule has 0 spiro atoms. The molecule has 2 heterocycles. The Kier molecular flexibility index (Phi) is 5.43. The second kappa shape index (κ2) is 8.17. The van der Waals surface area contributed by atoms with Gasteiger partial charge in [0.15, 0.2) is 0 Å². The molecule has 30 heavy (non-hydrogen) atoms. The van der Waals surface area contributed by atoms with Crippen molar-refractivity contribution in [2.75, 3.05) is 18.4 Å². The lowest BCUT2D eigenvalue weighted by Gasteiger charge is -2.31. The smallest absolute Gasteiger partial charge is 0.339 e. The minimum atomic E-state index is -4.41. The number of urea groups is 1. The molecule has 4 rings (SSSR count). The monoisotopic (exact) mass is 416 g/mol. The van der Waals surface area contributed by atoms with Gasteiger partial charge in [-0.05, 0) is 37.1 Å². The van der Waals surface area contributed by atoms with Gasteiger partial charge in [0.1, 0.15) is 0 Å². The van der Waals surface area contributed by atoms with Crippen molar-refractivity contribution < 1.29 is 22.5 Å². The molecule has 1 N–H and O–H groups in total. The van der Waals surface area contributed by atoms with Crippen molar-refractivity contribution in [3.8, 4) is 11.4 Å². The SMILES string of the molecule is O=C(Nc1ccc(C(F)(F)F)cc1)N1CCCC(c2nc(-c3ccccc3)no2)C1. The molecule has 2 amide bonds. The van der Waals surface area contributed by atoms with Crippen molar-refractivity contribution in [2.45, 2.75) is 24.9 Å². The molecule has 0 aliphatic carbocycles. The maximum atomic E-state index is 12.7. The summed E-state index contributed by atoms with van der Waals surface area (Å²) >= 11 is 0. The highest BCUT2D eigenvalue weighted by Gasteiger charge is 2.31. The number of hydrogen-bond acceptors (Lipinski definition) is 4. The number of amides is 2. The van der Waals surface area contributed by atoms with Gasteiger partial charge in [0.25, 0.3) is 0 Å². The lowest BCUT2D eigenvalue weighted by molar-refractivity contribution is -0.137. The van der Waals surface area contributed by atoms with Gasteiger partial charge in [-0.25, -0.2) is 4.79 Å². The number of halogens is 3. The minimum Gasteiger partial charge on any atom is -0.339 e. The maximum Gasteiger partial charge on any atom is 0.416 e. The first-order valence-electron chi connectivity index (χ1n) is 9.52. The Hall–Kier alpha value is -3.36. The van der Waals surface area contributed by atoms with Crippen LogP contribution in [-0.4, -0.2) is 34.2 Å². The number of anilines is 1. The van der Waals surface area contributed by atoms with Crippen LogP contribution in [-0.2, 0) is 6.18 Å². The largest absolute Gasteiger partial charge is 0.416 e. The van der Waals surface area contributed by atoms with E-state index in [1.165, 1.54) is 12.1 Å². The Morgan fingerprint density at radius 2 is 1.83 bits per heavy atom. The van der Waals surface area contributed by atoms with Crippen LogP contribution in [0.25, 0.3) is 11.4 Å². The first-order valence-corrected chi connectivity index (χ1v) is 9.52. The summed E-state index contributed by atoms with van der Waals surface area (Å²) in [6.45, 7) is 0.936. The number of hydrogen-bond donors (Lipinski definition) is 1. The molecule has 1 atom stereocenters. The Bertz CT molecular complexity index is 1000. The third-order valence-electron chi connectivity index (χ3n) is 5.00. The second-order valence-electron chi connectivity index (χ2n) is 7.11. The molecule has 156 valence electrons. The Morgan fingerprint density at radius 1 is 1.10 bits per heavy atom. The van der Waals surface area contributed by atoms with Crippen molar-refractivity contribution in [2.24, 2.45) is 0 Å². The first-order chi connectivity index (χ1) is 14.4. The van der Waals surface area contributed by atoms with E-state index in [0.717, 1.165) is 30.5 Å². The number of carbonyl (C=O) groups excluding carboxylic acids is 1. The highest BCUT2D eigenvalue weighted by atomic mass is 19.4. The quantitative estimate of drug-likeness (QED) is 0.640. The van der Waals surface area contributed by atoms with Gasteiger partial charge in [-0.15, -0.1) is 0 Å². The number of nitrogens with zero attached hydrogens (tertiary/aromatic N) is 3. The van der Waals surface area contributed by atoms with Crippen LogP contribution in [0.15, 0.2) is 59.1 Å². The maximum absolute atomic E-state index is 12.7. The molecule has 1 aliphatic heterocycles. The third-order valence-corrected chi connectivity index (χ3v) is 5.00. The summed E-state index contributed by atoms with van der Waals surface area (Å²) in [4.78, 5) is 18.7. The van der Waals surface area contributed by atoms with Crippen LogP contribution in [0.4, 0.5) is 23.7 Å². The lowest BCUT2D eigenvalue weighted by Crippen LogP contribution is -2.41. The lowest BCUT2D eigenvalue weighted by atomic mass is 9.98. The topological polar surface area (TPSA) is 71.3 Å². The molecule has 1 fully saturated rings. The number of benzene rings is 2. The fourth-order valence-corrected chi connectivity index (χ4v) is 3.41. The van der Waals surface area contributed by atoms with E-state index in [9.17, 15) is 18.0 Å². The van der Waals surface area contributed by atoms with Gasteiger partial charge in [-0.1, -0.05) is 35.5 Å².